The molecule has 4 fully saturated rings. The second-order valence-corrected chi connectivity index (χ2v) is 7.22. The highest BCUT2D eigenvalue weighted by atomic mass is 16.4. The van der Waals surface area contributed by atoms with Gasteiger partial charge in [0.05, 0.1) is 6.20 Å². The van der Waals surface area contributed by atoms with Gasteiger partial charge in [0.1, 0.15) is 11.5 Å². The number of carboxylic acid groups (broad SMARTS) is 1. The molecular weight excluding hydrogens is 252 g/mol. The molecule has 4 aliphatic carbocycles. The molecule has 108 valence electrons. The van der Waals surface area contributed by atoms with Crippen molar-refractivity contribution in [3.63, 3.8) is 0 Å². The molecule has 0 aliphatic heterocycles. The third kappa shape index (κ3) is 1.80. The first-order chi connectivity index (χ1) is 9.61. The zero-order valence-electron chi connectivity index (χ0n) is 12.0. The molecule has 5 rings (SSSR count). The summed E-state index contributed by atoms with van der Waals surface area (Å²) in [7, 11) is 1.84. The Hall–Kier alpha value is -1.32. The Morgan fingerprint density at radius 3 is 2.35 bits per heavy atom. The van der Waals surface area contributed by atoms with Gasteiger partial charge in [-0.3, -0.25) is 0 Å². The predicted molar refractivity (Wildman–Crippen MR) is 74.4 cm³/mol. The SMILES string of the molecule is Cn1c(C(=O)O)cnc1CC1C2CC3CC(C2)CC1C3. The van der Waals surface area contributed by atoms with E-state index in [4.69, 9.17) is 5.11 Å². The molecule has 1 aromatic rings. The van der Waals surface area contributed by atoms with Crippen LogP contribution >= 0.6 is 0 Å². The van der Waals surface area contributed by atoms with E-state index in [2.05, 4.69) is 4.98 Å². The fourth-order valence-electron chi connectivity index (χ4n) is 5.42. The fraction of sp³-hybridized carbons (Fsp3) is 0.750. The van der Waals surface area contributed by atoms with Gasteiger partial charge in [-0.2, -0.15) is 0 Å². The summed E-state index contributed by atoms with van der Waals surface area (Å²) in [5, 5.41) is 9.13. The molecule has 0 unspecified atom stereocenters. The van der Waals surface area contributed by atoms with Crippen LogP contribution in [0.1, 0.15) is 48.4 Å². The van der Waals surface area contributed by atoms with Gasteiger partial charge in [-0.05, 0) is 61.7 Å². The van der Waals surface area contributed by atoms with Crippen LogP contribution < -0.4 is 0 Å². The lowest BCUT2D eigenvalue weighted by molar-refractivity contribution is -0.0369. The van der Waals surface area contributed by atoms with Crippen molar-refractivity contribution < 1.29 is 9.90 Å². The summed E-state index contributed by atoms with van der Waals surface area (Å²) in [5.74, 6) is 4.55. The first-order valence-corrected chi connectivity index (χ1v) is 7.85. The van der Waals surface area contributed by atoms with Crippen molar-refractivity contribution in [3.05, 3.63) is 17.7 Å². The van der Waals surface area contributed by atoms with E-state index in [9.17, 15) is 4.79 Å². The van der Waals surface area contributed by atoms with Crippen molar-refractivity contribution in [1.29, 1.82) is 0 Å². The number of nitrogens with zero attached hydrogens (tertiary/aromatic N) is 2. The molecule has 20 heavy (non-hydrogen) atoms. The van der Waals surface area contributed by atoms with E-state index in [1.807, 2.05) is 7.05 Å². The molecule has 4 aliphatic rings. The van der Waals surface area contributed by atoms with Gasteiger partial charge in [0, 0.05) is 13.5 Å². The number of hydrogen-bond acceptors (Lipinski definition) is 2. The lowest BCUT2D eigenvalue weighted by atomic mass is 9.51. The van der Waals surface area contributed by atoms with Crippen molar-refractivity contribution in [2.24, 2.45) is 36.6 Å². The lowest BCUT2D eigenvalue weighted by Gasteiger charge is -2.54. The van der Waals surface area contributed by atoms with Gasteiger partial charge in [-0.15, -0.1) is 0 Å². The Balaban J connectivity index is 1.56. The standard InChI is InChI=1S/C16H22N2O2/c1-18-14(16(19)20)8-17-15(18)7-13-11-3-9-2-10(5-11)6-12(13)4-9/h8-13H,2-7H2,1H3,(H,19,20). The molecule has 1 aromatic heterocycles. The van der Waals surface area contributed by atoms with Crippen LogP contribution in [-0.4, -0.2) is 20.6 Å². The summed E-state index contributed by atoms with van der Waals surface area (Å²) in [5.41, 5.74) is 0.309. The Morgan fingerprint density at radius 1 is 1.25 bits per heavy atom. The molecule has 0 spiro atoms. The molecule has 4 saturated carbocycles. The molecule has 0 saturated heterocycles. The van der Waals surface area contributed by atoms with E-state index < -0.39 is 5.97 Å². The van der Waals surface area contributed by atoms with Gasteiger partial charge in [0.2, 0.25) is 0 Å². The zero-order chi connectivity index (χ0) is 13.9. The average Bonchev–Trinajstić information content (AvgIpc) is 2.74. The molecule has 1 heterocycles. The number of imidazole rings is 1. The third-order valence-corrected chi connectivity index (χ3v) is 6.14. The normalized spacial score (nSPS) is 38.4. The summed E-state index contributed by atoms with van der Waals surface area (Å²) in [6.45, 7) is 0. The maximum atomic E-state index is 11.1. The second-order valence-electron chi connectivity index (χ2n) is 7.22. The van der Waals surface area contributed by atoms with Gasteiger partial charge in [0.15, 0.2) is 0 Å². The smallest absolute Gasteiger partial charge is 0.354 e. The number of carbonyl (C=O) groups is 1. The van der Waals surface area contributed by atoms with E-state index in [-0.39, 0.29) is 0 Å². The van der Waals surface area contributed by atoms with Crippen LogP contribution in [0.5, 0.6) is 0 Å². The molecule has 0 amide bonds. The highest BCUT2D eigenvalue weighted by molar-refractivity contribution is 5.85. The van der Waals surface area contributed by atoms with Crippen LogP contribution in [0, 0.1) is 29.6 Å². The number of rotatable bonds is 3. The maximum Gasteiger partial charge on any atom is 0.354 e. The van der Waals surface area contributed by atoms with Crippen LogP contribution in [0.3, 0.4) is 0 Å². The van der Waals surface area contributed by atoms with E-state index in [0.29, 0.717) is 5.69 Å². The van der Waals surface area contributed by atoms with Crippen LogP contribution in [0.15, 0.2) is 6.20 Å². The van der Waals surface area contributed by atoms with E-state index in [1.54, 1.807) is 4.57 Å². The largest absolute Gasteiger partial charge is 0.477 e. The summed E-state index contributed by atoms with van der Waals surface area (Å²) in [6, 6.07) is 0. The molecule has 0 radical (unpaired) electrons. The highest BCUT2D eigenvalue weighted by Gasteiger charge is 2.48. The molecule has 0 aromatic carbocycles. The first kappa shape index (κ1) is 12.4. The molecule has 0 atom stereocenters. The minimum absolute atomic E-state index is 0.309. The minimum Gasteiger partial charge on any atom is -0.477 e. The second kappa shape index (κ2) is 4.34. The summed E-state index contributed by atoms with van der Waals surface area (Å²) in [6.07, 6.45) is 9.60. The van der Waals surface area contributed by atoms with Gasteiger partial charge >= 0.3 is 5.97 Å². The number of aromatic carboxylic acids is 1. The summed E-state index contributed by atoms with van der Waals surface area (Å²) < 4.78 is 1.77. The Kier molecular flexibility index (Phi) is 2.69. The predicted octanol–water partition coefficient (Wildman–Crippen LogP) is 2.73. The van der Waals surface area contributed by atoms with Crippen molar-refractivity contribution in [2.75, 3.05) is 0 Å². The van der Waals surface area contributed by atoms with Crippen molar-refractivity contribution >= 4 is 5.97 Å². The van der Waals surface area contributed by atoms with Gasteiger partial charge in [-0.25, -0.2) is 9.78 Å². The highest BCUT2D eigenvalue weighted by Crippen LogP contribution is 2.57. The maximum absolute atomic E-state index is 11.1. The van der Waals surface area contributed by atoms with E-state index >= 15 is 0 Å². The van der Waals surface area contributed by atoms with Crippen molar-refractivity contribution in [2.45, 2.75) is 38.5 Å². The number of hydrogen-bond donors (Lipinski definition) is 1. The Labute approximate surface area is 119 Å². The molecule has 1 N–H and O–H groups in total. The molecule has 4 bridgehead atoms. The minimum atomic E-state index is -0.878. The molecular formula is C16H22N2O2. The van der Waals surface area contributed by atoms with E-state index in [1.165, 1.54) is 38.3 Å². The lowest BCUT2D eigenvalue weighted by Crippen LogP contribution is -2.46. The van der Waals surface area contributed by atoms with Crippen molar-refractivity contribution in [1.82, 2.24) is 9.55 Å². The van der Waals surface area contributed by atoms with Gasteiger partial charge in [0.25, 0.3) is 0 Å². The van der Waals surface area contributed by atoms with Crippen LogP contribution in [0.2, 0.25) is 0 Å². The first-order valence-electron chi connectivity index (χ1n) is 7.85. The fourth-order valence-corrected chi connectivity index (χ4v) is 5.42. The van der Waals surface area contributed by atoms with Crippen LogP contribution in [0.4, 0.5) is 0 Å². The average molecular weight is 274 g/mol. The van der Waals surface area contributed by atoms with E-state index in [0.717, 1.165) is 41.8 Å². The van der Waals surface area contributed by atoms with Crippen LogP contribution in [0.25, 0.3) is 0 Å². The molecule has 4 heteroatoms. The molecule has 4 nitrogen and oxygen atoms in total. The monoisotopic (exact) mass is 274 g/mol. The Morgan fingerprint density at radius 2 is 1.85 bits per heavy atom. The van der Waals surface area contributed by atoms with Gasteiger partial charge in [-0.1, -0.05) is 0 Å². The third-order valence-electron chi connectivity index (χ3n) is 6.14. The van der Waals surface area contributed by atoms with Gasteiger partial charge < -0.3 is 9.67 Å². The summed E-state index contributed by atoms with van der Waals surface area (Å²) in [4.78, 5) is 15.5. The summed E-state index contributed by atoms with van der Waals surface area (Å²) >= 11 is 0. The zero-order valence-corrected chi connectivity index (χ0v) is 12.0. The number of carboxylic acids is 1. The number of aromatic nitrogens is 2. The van der Waals surface area contributed by atoms with Crippen LogP contribution in [-0.2, 0) is 13.5 Å². The van der Waals surface area contributed by atoms with Crippen molar-refractivity contribution in [3.8, 4) is 0 Å². The topological polar surface area (TPSA) is 55.1 Å². The quantitative estimate of drug-likeness (QED) is 0.922. The Bertz CT molecular complexity index is 521.